The van der Waals surface area contributed by atoms with Gasteiger partial charge in [0.25, 0.3) is 0 Å². The molecule has 6 heteroatoms. The van der Waals surface area contributed by atoms with Gasteiger partial charge in [-0.05, 0) is 40.3 Å². The lowest BCUT2D eigenvalue weighted by Gasteiger charge is -2.20. The molecule has 1 amide bonds. The zero-order chi connectivity index (χ0) is 14.5. The van der Waals surface area contributed by atoms with Crippen molar-refractivity contribution in [3.05, 3.63) is 12.3 Å². The number of nitrogens with one attached hydrogen (secondary N) is 2. The van der Waals surface area contributed by atoms with Crippen molar-refractivity contribution >= 4 is 11.7 Å². The predicted molar refractivity (Wildman–Crippen MR) is 79.8 cm³/mol. The van der Waals surface area contributed by atoms with E-state index in [0.717, 1.165) is 18.9 Å². The molecule has 0 bridgehead atoms. The number of carbonyl (C=O) groups is 1. The molecule has 0 radical (unpaired) electrons. The molecule has 0 saturated carbocycles. The normalized spacial score (nSPS) is 18.9. The first-order valence-corrected chi connectivity index (χ1v) is 7.31. The van der Waals surface area contributed by atoms with Crippen molar-refractivity contribution < 1.29 is 4.79 Å². The number of hydrogen-bond acceptors (Lipinski definition) is 4. The first-order chi connectivity index (χ1) is 9.56. The molecule has 112 valence electrons. The average Bonchev–Trinajstić information content (AvgIpc) is 2.99. The fourth-order valence-electron chi connectivity index (χ4n) is 2.61. The minimum absolute atomic E-state index is 0.00731. The SMILES string of the molecule is CC(C)n1nccc1NC(=O)CN(C)CC1CCCN1. The molecule has 2 N–H and O–H groups in total. The Balaban J connectivity index is 1.80. The van der Waals surface area contributed by atoms with E-state index in [1.807, 2.05) is 31.6 Å². The number of carbonyl (C=O) groups excluding carboxylic acids is 1. The lowest BCUT2D eigenvalue weighted by molar-refractivity contribution is -0.117. The van der Waals surface area contributed by atoms with E-state index >= 15 is 0 Å². The van der Waals surface area contributed by atoms with Gasteiger partial charge in [0.15, 0.2) is 0 Å². The van der Waals surface area contributed by atoms with E-state index in [2.05, 4.69) is 20.6 Å². The van der Waals surface area contributed by atoms with Crippen LogP contribution >= 0.6 is 0 Å². The average molecular weight is 279 g/mol. The van der Waals surface area contributed by atoms with E-state index in [-0.39, 0.29) is 11.9 Å². The molecule has 1 fully saturated rings. The van der Waals surface area contributed by atoms with Gasteiger partial charge in [-0.15, -0.1) is 0 Å². The van der Waals surface area contributed by atoms with Crippen LogP contribution in [-0.2, 0) is 4.79 Å². The summed E-state index contributed by atoms with van der Waals surface area (Å²) in [6.45, 7) is 6.50. The van der Waals surface area contributed by atoms with Crippen molar-refractivity contribution in [2.75, 3.05) is 32.0 Å². The Bertz CT molecular complexity index is 437. The molecule has 6 nitrogen and oxygen atoms in total. The van der Waals surface area contributed by atoms with Crippen LogP contribution in [-0.4, -0.2) is 53.3 Å². The summed E-state index contributed by atoms with van der Waals surface area (Å²) in [5, 5.41) is 10.6. The summed E-state index contributed by atoms with van der Waals surface area (Å²) in [7, 11) is 1.99. The monoisotopic (exact) mass is 279 g/mol. The number of rotatable bonds is 6. The van der Waals surface area contributed by atoms with Gasteiger partial charge in [0, 0.05) is 24.7 Å². The predicted octanol–water partition coefficient (Wildman–Crippen LogP) is 1.09. The Morgan fingerprint density at radius 3 is 3.10 bits per heavy atom. The Morgan fingerprint density at radius 1 is 1.65 bits per heavy atom. The Kier molecular flexibility index (Phi) is 5.14. The van der Waals surface area contributed by atoms with Crippen LogP contribution in [0.3, 0.4) is 0 Å². The molecule has 1 atom stereocenters. The summed E-state index contributed by atoms with van der Waals surface area (Å²) in [5.41, 5.74) is 0. The fourth-order valence-corrected chi connectivity index (χ4v) is 2.61. The van der Waals surface area contributed by atoms with Crippen LogP contribution in [0.15, 0.2) is 12.3 Å². The minimum Gasteiger partial charge on any atom is -0.313 e. The molecule has 1 aliphatic heterocycles. The molecule has 2 heterocycles. The minimum atomic E-state index is 0.00731. The Hall–Kier alpha value is -1.40. The van der Waals surface area contributed by atoms with E-state index in [1.165, 1.54) is 12.8 Å². The van der Waals surface area contributed by atoms with Gasteiger partial charge in [-0.1, -0.05) is 0 Å². The van der Waals surface area contributed by atoms with Crippen LogP contribution < -0.4 is 10.6 Å². The molecule has 2 rings (SSSR count). The highest BCUT2D eigenvalue weighted by atomic mass is 16.2. The van der Waals surface area contributed by atoms with Crippen LogP contribution in [0.5, 0.6) is 0 Å². The van der Waals surface area contributed by atoms with Crippen LogP contribution in [0.4, 0.5) is 5.82 Å². The summed E-state index contributed by atoms with van der Waals surface area (Å²) in [6.07, 6.45) is 4.14. The fraction of sp³-hybridized carbons (Fsp3) is 0.714. The molecular weight excluding hydrogens is 254 g/mol. The highest BCUT2D eigenvalue weighted by molar-refractivity contribution is 5.91. The van der Waals surface area contributed by atoms with Gasteiger partial charge in [-0.2, -0.15) is 5.10 Å². The first kappa shape index (κ1) is 15.0. The van der Waals surface area contributed by atoms with Gasteiger partial charge >= 0.3 is 0 Å². The van der Waals surface area contributed by atoms with Gasteiger partial charge < -0.3 is 10.6 Å². The van der Waals surface area contributed by atoms with Gasteiger partial charge in [-0.3, -0.25) is 9.69 Å². The lowest BCUT2D eigenvalue weighted by Crippen LogP contribution is -2.39. The van der Waals surface area contributed by atoms with E-state index in [4.69, 9.17) is 0 Å². The van der Waals surface area contributed by atoms with E-state index < -0.39 is 0 Å². The zero-order valence-corrected chi connectivity index (χ0v) is 12.6. The molecular formula is C14H25N5O. The smallest absolute Gasteiger partial charge is 0.239 e. The van der Waals surface area contributed by atoms with Gasteiger partial charge in [-0.25, -0.2) is 4.68 Å². The third-order valence-electron chi connectivity index (χ3n) is 3.53. The Labute approximate surface area is 120 Å². The molecule has 0 aliphatic carbocycles. The second kappa shape index (κ2) is 6.85. The van der Waals surface area contributed by atoms with Crippen LogP contribution in [0.1, 0.15) is 32.7 Å². The van der Waals surface area contributed by atoms with Crippen molar-refractivity contribution in [3.63, 3.8) is 0 Å². The highest BCUT2D eigenvalue weighted by Crippen LogP contribution is 2.13. The largest absolute Gasteiger partial charge is 0.313 e. The zero-order valence-electron chi connectivity index (χ0n) is 12.6. The molecule has 0 spiro atoms. The highest BCUT2D eigenvalue weighted by Gasteiger charge is 2.17. The maximum Gasteiger partial charge on any atom is 0.239 e. The lowest BCUT2D eigenvalue weighted by atomic mass is 10.2. The van der Waals surface area contributed by atoms with E-state index in [0.29, 0.717) is 12.6 Å². The van der Waals surface area contributed by atoms with E-state index in [1.54, 1.807) is 6.20 Å². The maximum atomic E-state index is 12.1. The molecule has 0 aromatic carbocycles. The molecule has 1 aliphatic rings. The number of anilines is 1. The van der Waals surface area contributed by atoms with Crippen molar-refractivity contribution in [3.8, 4) is 0 Å². The Morgan fingerprint density at radius 2 is 2.45 bits per heavy atom. The molecule has 1 aromatic heterocycles. The van der Waals surface area contributed by atoms with Gasteiger partial charge in [0.2, 0.25) is 5.91 Å². The summed E-state index contributed by atoms with van der Waals surface area (Å²) >= 11 is 0. The molecule has 1 unspecified atom stereocenters. The van der Waals surface area contributed by atoms with Crippen molar-refractivity contribution in [1.29, 1.82) is 0 Å². The molecule has 1 saturated heterocycles. The van der Waals surface area contributed by atoms with E-state index in [9.17, 15) is 4.79 Å². The summed E-state index contributed by atoms with van der Waals surface area (Å²) < 4.78 is 1.82. The van der Waals surface area contributed by atoms with Crippen molar-refractivity contribution in [2.45, 2.75) is 38.8 Å². The standard InChI is InChI=1S/C14H25N5O/c1-11(2)19-13(6-8-16-19)17-14(20)10-18(3)9-12-5-4-7-15-12/h6,8,11-12,15H,4-5,7,9-10H2,1-3H3,(H,17,20). The van der Waals surface area contributed by atoms with Gasteiger partial charge in [0.05, 0.1) is 12.7 Å². The van der Waals surface area contributed by atoms with Gasteiger partial charge in [0.1, 0.15) is 5.82 Å². The third kappa shape index (κ3) is 4.05. The quantitative estimate of drug-likeness (QED) is 0.818. The number of amides is 1. The number of hydrogen-bond donors (Lipinski definition) is 2. The van der Waals surface area contributed by atoms with Crippen LogP contribution in [0.25, 0.3) is 0 Å². The van der Waals surface area contributed by atoms with Crippen molar-refractivity contribution in [2.24, 2.45) is 0 Å². The number of aromatic nitrogens is 2. The maximum absolute atomic E-state index is 12.1. The summed E-state index contributed by atoms with van der Waals surface area (Å²) in [5.74, 6) is 0.769. The molecule has 20 heavy (non-hydrogen) atoms. The van der Waals surface area contributed by atoms with Crippen LogP contribution in [0.2, 0.25) is 0 Å². The van der Waals surface area contributed by atoms with Crippen LogP contribution in [0, 0.1) is 0 Å². The summed E-state index contributed by atoms with van der Waals surface area (Å²) in [6, 6.07) is 2.59. The number of nitrogens with zero attached hydrogens (tertiary/aromatic N) is 3. The first-order valence-electron chi connectivity index (χ1n) is 7.31. The second-order valence-electron chi connectivity index (χ2n) is 5.79. The second-order valence-corrected chi connectivity index (χ2v) is 5.79. The summed E-state index contributed by atoms with van der Waals surface area (Å²) in [4.78, 5) is 14.1. The topological polar surface area (TPSA) is 62.2 Å². The third-order valence-corrected chi connectivity index (χ3v) is 3.53. The van der Waals surface area contributed by atoms with Crippen molar-refractivity contribution in [1.82, 2.24) is 20.0 Å². The molecule has 1 aromatic rings. The number of likely N-dealkylation sites (N-methyl/N-ethyl adjacent to an activating group) is 1.